The number of nitrogens with zero attached hydrogens (tertiary/aromatic N) is 3. The second-order valence-corrected chi connectivity index (χ2v) is 6.04. The zero-order valence-corrected chi connectivity index (χ0v) is 13.5. The Hall–Kier alpha value is -2.89. The molecule has 6 nitrogen and oxygen atoms in total. The van der Waals surface area contributed by atoms with Gasteiger partial charge in [-0.05, 0) is 17.7 Å². The number of rotatable bonds is 2. The highest BCUT2D eigenvalue weighted by Gasteiger charge is 2.55. The van der Waals surface area contributed by atoms with Crippen LogP contribution in [0.4, 0.5) is 18.9 Å². The predicted octanol–water partition coefficient (Wildman–Crippen LogP) is 2.02. The van der Waals surface area contributed by atoms with E-state index in [1.165, 1.54) is 0 Å². The molecule has 0 fully saturated rings. The molecule has 132 valence electrons. The minimum absolute atomic E-state index is 0.0282. The average molecular weight is 351 g/mol. The Kier molecular flexibility index (Phi) is 3.99. The Labute approximate surface area is 142 Å². The first-order chi connectivity index (χ1) is 11.7. The number of nitrogens with one attached hydrogen (secondary N) is 1. The van der Waals surface area contributed by atoms with Gasteiger partial charge < -0.3 is 15.4 Å². The maximum Gasteiger partial charge on any atom is 0.431 e. The van der Waals surface area contributed by atoms with E-state index >= 15 is 0 Å². The van der Waals surface area contributed by atoms with E-state index in [2.05, 4.69) is 10.5 Å². The topological polar surface area (TPSA) is 86.7 Å². The summed E-state index contributed by atoms with van der Waals surface area (Å²) >= 11 is 0. The molecule has 0 unspecified atom stereocenters. The largest absolute Gasteiger partial charge is 0.453 e. The van der Waals surface area contributed by atoms with Gasteiger partial charge in [0.05, 0.1) is 11.5 Å². The third-order valence-electron chi connectivity index (χ3n) is 4.32. The lowest BCUT2D eigenvalue weighted by atomic mass is 9.76. The highest BCUT2D eigenvalue weighted by atomic mass is 19.4. The third-order valence-corrected chi connectivity index (χ3v) is 4.32. The van der Waals surface area contributed by atoms with Crippen molar-refractivity contribution in [3.8, 4) is 6.07 Å². The number of nitriles is 1. The first kappa shape index (κ1) is 17.0. The number of allylic oxidation sites excluding steroid dienone is 1. The molecule has 0 spiro atoms. The molecule has 25 heavy (non-hydrogen) atoms. The summed E-state index contributed by atoms with van der Waals surface area (Å²) in [4.78, 5) is 1.87. The second-order valence-electron chi connectivity index (χ2n) is 6.04. The van der Waals surface area contributed by atoms with Crippen molar-refractivity contribution >= 4 is 11.4 Å². The number of fused-ring (bicyclic) bond motifs is 1. The lowest BCUT2D eigenvalue weighted by Gasteiger charge is -2.34. The number of hydrogen-bond acceptors (Lipinski definition) is 6. The first-order valence-electron chi connectivity index (χ1n) is 7.48. The number of hydrogen-bond donors (Lipinski definition) is 2. The van der Waals surface area contributed by atoms with Crippen molar-refractivity contribution in [2.45, 2.75) is 18.3 Å². The molecule has 0 amide bonds. The van der Waals surface area contributed by atoms with E-state index in [4.69, 9.17) is 10.5 Å². The molecule has 0 radical (unpaired) electrons. The molecule has 1 aromatic rings. The van der Waals surface area contributed by atoms with Gasteiger partial charge in [-0.25, -0.2) is 0 Å². The van der Waals surface area contributed by atoms with E-state index < -0.39 is 30.0 Å². The van der Waals surface area contributed by atoms with E-state index in [1.807, 2.05) is 25.1 Å². The Morgan fingerprint density at radius 2 is 1.92 bits per heavy atom. The fraction of sp³-hybridized carbons (Fsp3) is 0.375. The number of benzene rings is 1. The molecule has 2 heterocycles. The minimum Gasteiger partial charge on any atom is -0.453 e. The van der Waals surface area contributed by atoms with Crippen LogP contribution in [0.15, 0.2) is 40.8 Å². The SMILES string of the molecule is CN(C)c1ccc([C@@H]2C(C#N)=C(N)O[C@H]3NN=C(C(F)(F)F)[C@H]32)cc1. The number of halogens is 3. The lowest BCUT2D eigenvalue weighted by molar-refractivity contribution is -0.0661. The van der Waals surface area contributed by atoms with Crippen LogP contribution in [-0.2, 0) is 4.74 Å². The summed E-state index contributed by atoms with van der Waals surface area (Å²) in [6.45, 7) is 0. The monoisotopic (exact) mass is 351 g/mol. The zero-order valence-electron chi connectivity index (χ0n) is 13.5. The van der Waals surface area contributed by atoms with E-state index in [-0.39, 0.29) is 11.5 Å². The summed E-state index contributed by atoms with van der Waals surface area (Å²) in [5.74, 6) is -2.26. The molecule has 2 aliphatic rings. The number of hydrazone groups is 1. The smallest absolute Gasteiger partial charge is 0.431 e. The van der Waals surface area contributed by atoms with Gasteiger partial charge in [0.2, 0.25) is 5.88 Å². The Morgan fingerprint density at radius 1 is 1.28 bits per heavy atom. The molecule has 0 aromatic heterocycles. The minimum atomic E-state index is -4.63. The summed E-state index contributed by atoms with van der Waals surface area (Å²) < 4.78 is 45.3. The van der Waals surface area contributed by atoms with Crippen LogP contribution >= 0.6 is 0 Å². The summed E-state index contributed by atoms with van der Waals surface area (Å²) in [6, 6.07) is 8.83. The number of nitrogens with two attached hydrogens (primary N) is 1. The number of alkyl halides is 3. The van der Waals surface area contributed by atoms with Crippen LogP contribution in [0, 0.1) is 17.2 Å². The highest BCUT2D eigenvalue weighted by molar-refractivity contribution is 5.94. The van der Waals surface area contributed by atoms with Crippen molar-refractivity contribution in [3.05, 3.63) is 41.3 Å². The Balaban J connectivity index is 2.09. The maximum atomic E-state index is 13.4. The highest BCUT2D eigenvalue weighted by Crippen LogP contribution is 2.45. The van der Waals surface area contributed by atoms with Crippen molar-refractivity contribution in [1.29, 1.82) is 5.26 Å². The summed E-state index contributed by atoms with van der Waals surface area (Å²) in [5.41, 5.74) is 8.50. The normalized spacial score (nSPS) is 25.4. The summed E-state index contributed by atoms with van der Waals surface area (Å²) in [5, 5.41) is 12.8. The van der Waals surface area contributed by atoms with Gasteiger partial charge in [0.15, 0.2) is 11.9 Å². The average Bonchev–Trinajstić information content (AvgIpc) is 2.97. The van der Waals surface area contributed by atoms with Crippen LogP contribution in [0.3, 0.4) is 0 Å². The standard InChI is InChI=1S/C16H16F3N5O/c1-24(2)9-5-3-8(4-6-9)11-10(7-20)14(21)25-15-12(11)13(22-23-15)16(17,18)19/h3-6,11-12,15,23H,21H2,1-2H3/t11-,12-,15-/m1/s1. The molecule has 0 bridgehead atoms. The number of ether oxygens (including phenoxy) is 1. The van der Waals surface area contributed by atoms with Gasteiger partial charge in [-0.3, -0.25) is 5.43 Å². The first-order valence-corrected chi connectivity index (χ1v) is 7.48. The van der Waals surface area contributed by atoms with Gasteiger partial charge in [-0.1, -0.05) is 12.1 Å². The Morgan fingerprint density at radius 3 is 2.44 bits per heavy atom. The molecular weight excluding hydrogens is 335 g/mol. The van der Waals surface area contributed by atoms with E-state index in [9.17, 15) is 18.4 Å². The second kappa shape index (κ2) is 5.88. The van der Waals surface area contributed by atoms with Gasteiger partial charge in [-0.15, -0.1) is 0 Å². The fourth-order valence-corrected chi connectivity index (χ4v) is 3.13. The van der Waals surface area contributed by atoms with Crippen molar-refractivity contribution in [1.82, 2.24) is 5.43 Å². The molecular formula is C16H16F3N5O. The fourth-order valence-electron chi connectivity index (χ4n) is 3.13. The molecule has 0 saturated heterocycles. The van der Waals surface area contributed by atoms with Crippen LogP contribution in [0.25, 0.3) is 0 Å². The molecule has 2 aliphatic heterocycles. The van der Waals surface area contributed by atoms with Crippen molar-refractivity contribution in [3.63, 3.8) is 0 Å². The lowest BCUT2D eigenvalue weighted by Crippen LogP contribution is -2.45. The number of anilines is 1. The van der Waals surface area contributed by atoms with Crippen molar-refractivity contribution < 1.29 is 17.9 Å². The molecule has 0 saturated carbocycles. The summed E-state index contributed by atoms with van der Waals surface area (Å²) in [6.07, 6.45) is -5.70. The van der Waals surface area contributed by atoms with E-state index in [0.717, 1.165) is 5.69 Å². The van der Waals surface area contributed by atoms with Crippen molar-refractivity contribution in [2.75, 3.05) is 19.0 Å². The van der Waals surface area contributed by atoms with E-state index in [0.29, 0.717) is 5.56 Å². The summed E-state index contributed by atoms with van der Waals surface area (Å²) in [7, 11) is 3.71. The maximum absolute atomic E-state index is 13.4. The van der Waals surface area contributed by atoms with Gasteiger partial charge in [0.25, 0.3) is 0 Å². The quantitative estimate of drug-likeness (QED) is 0.851. The van der Waals surface area contributed by atoms with Crippen molar-refractivity contribution in [2.24, 2.45) is 16.8 Å². The van der Waals surface area contributed by atoms with Crippen LogP contribution < -0.4 is 16.1 Å². The van der Waals surface area contributed by atoms with Crippen LogP contribution in [-0.4, -0.2) is 32.2 Å². The van der Waals surface area contributed by atoms with Crippen LogP contribution in [0.1, 0.15) is 11.5 Å². The van der Waals surface area contributed by atoms with Crippen LogP contribution in [0.5, 0.6) is 0 Å². The van der Waals surface area contributed by atoms with Gasteiger partial charge in [-0.2, -0.15) is 23.5 Å². The Bertz CT molecular complexity index is 776. The molecule has 3 rings (SSSR count). The predicted molar refractivity (Wildman–Crippen MR) is 85.3 cm³/mol. The van der Waals surface area contributed by atoms with Gasteiger partial charge in [0, 0.05) is 25.7 Å². The third kappa shape index (κ3) is 2.84. The molecule has 9 heteroatoms. The molecule has 3 N–H and O–H groups in total. The molecule has 3 atom stereocenters. The molecule has 1 aromatic carbocycles. The van der Waals surface area contributed by atoms with Gasteiger partial charge in [0.1, 0.15) is 6.07 Å². The van der Waals surface area contributed by atoms with Gasteiger partial charge >= 0.3 is 6.18 Å². The van der Waals surface area contributed by atoms with Crippen LogP contribution in [0.2, 0.25) is 0 Å². The molecule has 0 aliphatic carbocycles. The zero-order chi connectivity index (χ0) is 18.4. The van der Waals surface area contributed by atoms with E-state index in [1.54, 1.807) is 24.3 Å².